The van der Waals surface area contributed by atoms with Crippen molar-refractivity contribution >= 4 is 0 Å². The van der Waals surface area contributed by atoms with Gasteiger partial charge < -0.3 is 10.2 Å². The second-order valence-electron chi connectivity index (χ2n) is 8.56. The molecule has 2 nitrogen and oxygen atoms in total. The first-order chi connectivity index (χ1) is 14.7. The summed E-state index contributed by atoms with van der Waals surface area (Å²) < 4.78 is 0. The summed E-state index contributed by atoms with van der Waals surface area (Å²) in [5.41, 5.74) is 2.55. The Kier molecular flexibility index (Phi) is 10.8. The van der Waals surface area contributed by atoms with Crippen LogP contribution in [0.15, 0.2) is 48.5 Å². The molecule has 2 aromatic carbocycles. The van der Waals surface area contributed by atoms with Gasteiger partial charge in [0.1, 0.15) is 11.5 Å². The highest BCUT2D eigenvalue weighted by Crippen LogP contribution is 2.43. The molecule has 0 spiro atoms. The van der Waals surface area contributed by atoms with E-state index in [4.69, 9.17) is 0 Å². The number of rotatable bonds is 2. The Morgan fingerprint density at radius 2 is 0.733 bits per heavy atom. The molecule has 2 N–H and O–H groups in total. The summed E-state index contributed by atoms with van der Waals surface area (Å²) in [5.74, 6) is 0.649. The Morgan fingerprint density at radius 1 is 0.467 bits per heavy atom. The molecule has 3 rings (SSSR count). The lowest BCUT2D eigenvalue weighted by Crippen LogP contribution is -2.28. The third-order valence-corrected chi connectivity index (χ3v) is 6.55. The Hall–Kier alpha value is -1.96. The van der Waals surface area contributed by atoms with Crippen LogP contribution >= 0.6 is 0 Å². The molecule has 0 heterocycles. The van der Waals surface area contributed by atoms with E-state index in [0.717, 1.165) is 12.8 Å². The van der Waals surface area contributed by atoms with E-state index in [1.165, 1.54) is 81.8 Å². The van der Waals surface area contributed by atoms with Gasteiger partial charge in [0.25, 0.3) is 0 Å². The van der Waals surface area contributed by atoms with Gasteiger partial charge in [0.05, 0.1) is 0 Å². The van der Waals surface area contributed by atoms with E-state index in [1.54, 1.807) is 0 Å². The summed E-state index contributed by atoms with van der Waals surface area (Å²) >= 11 is 0. The third-order valence-electron chi connectivity index (χ3n) is 6.55. The first-order valence-electron chi connectivity index (χ1n) is 12.3. The molecule has 166 valence electrons. The molecule has 1 saturated carbocycles. The monoisotopic (exact) mass is 410 g/mol. The first-order valence-corrected chi connectivity index (χ1v) is 12.3. The summed E-state index contributed by atoms with van der Waals surface area (Å²) in [6.45, 7) is 4.00. The fraction of sp³-hybridized carbons (Fsp3) is 0.571. The third kappa shape index (κ3) is 7.07. The number of phenols is 2. The van der Waals surface area contributed by atoms with E-state index >= 15 is 0 Å². The molecule has 0 atom stereocenters. The highest BCUT2D eigenvalue weighted by atomic mass is 16.3. The fourth-order valence-electron chi connectivity index (χ4n) is 4.87. The van der Waals surface area contributed by atoms with E-state index in [-0.39, 0.29) is 5.41 Å². The number of phenolic OH excluding ortho intramolecular Hbond substituents is 2. The topological polar surface area (TPSA) is 40.5 Å². The lowest BCUT2D eigenvalue weighted by molar-refractivity contribution is 0.384. The Morgan fingerprint density at radius 3 is 1.03 bits per heavy atom. The van der Waals surface area contributed by atoms with Crippen LogP contribution in [0, 0.1) is 0 Å². The van der Waals surface area contributed by atoms with Crippen molar-refractivity contribution in [2.75, 3.05) is 0 Å². The molecule has 0 unspecified atom stereocenters. The molecule has 1 aliphatic carbocycles. The minimum absolute atomic E-state index is 0.0362. The Labute approximate surface area is 184 Å². The zero-order valence-corrected chi connectivity index (χ0v) is 19.2. The van der Waals surface area contributed by atoms with Gasteiger partial charge in [-0.3, -0.25) is 0 Å². The second kappa shape index (κ2) is 13.4. The van der Waals surface area contributed by atoms with E-state index in [1.807, 2.05) is 38.1 Å². The van der Waals surface area contributed by atoms with Crippen LogP contribution in [0.4, 0.5) is 0 Å². The van der Waals surface area contributed by atoms with Gasteiger partial charge in [-0.2, -0.15) is 0 Å². The molecule has 2 aromatic rings. The molecule has 1 fully saturated rings. The highest BCUT2D eigenvalue weighted by molar-refractivity contribution is 5.43. The molecular formula is C28H42O2. The van der Waals surface area contributed by atoms with Gasteiger partial charge in [0.15, 0.2) is 0 Å². The second-order valence-corrected chi connectivity index (χ2v) is 8.56. The number of aromatic hydroxyl groups is 2. The van der Waals surface area contributed by atoms with Crippen LogP contribution in [0.5, 0.6) is 11.5 Å². The van der Waals surface area contributed by atoms with Crippen molar-refractivity contribution in [1.29, 1.82) is 0 Å². The van der Waals surface area contributed by atoms with Gasteiger partial charge in [-0.05, 0) is 48.2 Å². The summed E-state index contributed by atoms with van der Waals surface area (Å²) in [6, 6.07) is 15.7. The lowest BCUT2D eigenvalue weighted by Gasteiger charge is -2.36. The van der Waals surface area contributed by atoms with Gasteiger partial charge in [0.2, 0.25) is 0 Å². The van der Waals surface area contributed by atoms with E-state index in [2.05, 4.69) is 24.3 Å². The maximum atomic E-state index is 9.82. The molecule has 0 aliphatic heterocycles. The van der Waals surface area contributed by atoms with E-state index in [0.29, 0.717) is 11.5 Å². The van der Waals surface area contributed by atoms with Gasteiger partial charge in [-0.25, -0.2) is 0 Å². The van der Waals surface area contributed by atoms with Crippen LogP contribution < -0.4 is 0 Å². The summed E-state index contributed by atoms with van der Waals surface area (Å²) in [7, 11) is 0. The summed E-state index contributed by atoms with van der Waals surface area (Å²) in [4.78, 5) is 0. The van der Waals surface area contributed by atoms with Crippen LogP contribution in [0.25, 0.3) is 0 Å². The van der Waals surface area contributed by atoms with Crippen LogP contribution in [0.2, 0.25) is 0 Å². The van der Waals surface area contributed by atoms with E-state index in [9.17, 15) is 10.2 Å². The van der Waals surface area contributed by atoms with Crippen molar-refractivity contribution in [3.63, 3.8) is 0 Å². The zero-order valence-electron chi connectivity index (χ0n) is 19.2. The summed E-state index contributed by atoms with van der Waals surface area (Å²) in [6.07, 6.45) is 16.9. The minimum Gasteiger partial charge on any atom is -0.508 e. The molecule has 0 saturated heterocycles. The molecule has 1 aliphatic rings. The van der Waals surface area contributed by atoms with Gasteiger partial charge in [0, 0.05) is 5.41 Å². The quantitative estimate of drug-likeness (QED) is 0.521. The molecule has 2 heteroatoms. The van der Waals surface area contributed by atoms with Crippen molar-refractivity contribution < 1.29 is 10.2 Å². The van der Waals surface area contributed by atoms with Gasteiger partial charge in [-0.1, -0.05) is 109 Å². The number of hydrogen-bond acceptors (Lipinski definition) is 2. The standard InChI is InChI=1S/C26H36O2.C2H6/c27-24-16-12-22(13-17-24)26(23-14-18-25(28)19-15-23)20-10-8-6-4-2-1-3-5-7-9-11-21-26;1-2/h12-19,27-28H,1-11,20-21H2;1-2H3. The van der Waals surface area contributed by atoms with Crippen molar-refractivity contribution in [2.24, 2.45) is 0 Å². The van der Waals surface area contributed by atoms with Gasteiger partial charge >= 0.3 is 0 Å². The van der Waals surface area contributed by atoms with Crippen LogP contribution in [-0.2, 0) is 5.41 Å². The van der Waals surface area contributed by atoms with Crippen LogP contribution in [0.3, 0.4) is 0 Å². The number of benzene rings is 2. The van der Waals surface area contributed by atoms with Crippen LogP contribution in [0.1, 0.15) is 108 Å². The predicted molar refractivity (Wildman–Crippen MR) is 128 cm³/mol. The fourth-order valence-corrected chi connectivity index (χ4v) is 4.87. The van der Waals surface area contributed by atoms with Crippen molar-refractivity contribution in [3.8, 4) is 11.5 Å². The molecule has 30 heavy (non-hydrogen) atoms. The lowest BCUT2D eigenvalue weighted by atomic mass is 9.67. The molecule has 0 aromatic heterocycles. The van der Waals surface area contributed by atoms with E-state index < -0.39 is 0 Å². The normalized spacial score (nSPS) is 18.5. The average Bonchev–Trinajstić information content (AvgIpc) is 2.78. The maximum Gasteiger partial charge on any atom is 0.115 e. The zero-order chi connectivity index (χ0) is 21.7. The Balaban J connectivity index is 0.00000155. The SMILES string of the molecule is CC.Oc1ccc(C2(c3ccc(O)cc3)CCCCCCCCCCCCC2)cc1. The smallest absolute Gasteiger partial charge is 0.115 e. The minimum atomic E-state index is -0.0362. The molecule has 0 radical (unpaired) electrons. The molecular weight excluding hydrogens is 368 g/mol. The maximum absolute atomic E-state index is 9.82. The molecule has 0 bridgehead atoms. The van der Waals surface area contributed by atoms with Crippen molar-refractivity contribution in [3.05, 3.63) is 59.7 Å². The summed E-state index contributed by atoms with van der Waals surface area (Å²) in [5, 5.41) is 19.6. The number of hydrogen-bond donors (Lipinski definition) is 2. The largest absolute Gasteiger partial charge is 0.508 e. The van der Waals surface area contributed by atoms with Gasteiger partial charge in [-0.15, -0.1) is 0 Å². The highest BCUT2D eigenvalue weighted by Gasteiger charge is 2.33. The van der Waals surface area contributed by atoms with Crippen LogP contribution in [-0.4, -0.2) is 10.2 Å². The Bertz CT molecular complexity index is 626. The van der Waals surface area contributed by atoms with Crippen molar-refractivity contribution in [2.45, 2.75) is 103 Å². The average molecular weight is 411 g/mol. The van der Waals surface area contributed by atoms with Crippen molar-refractivity contribution in [1.82, 2.24) is 0 Å². The molecule has 0 amide bonds. The first kappa shape index (κ1) is 24.3. The predicted octanol–water partition coefficient (Wildman–Crippen LogP) is 8.50.